The Balaban J connectivity index is 1.62. The fourth-order valence-electron chi connectivity index (χ4n) is 3.88. The molecule has 0 aliphatic carbocycles. The van der Waals surface area contributed by atoms with Gasteiger partial charge in [0.15, 0.2) is 0 Å². The lowest BCUT2D eigenvalue weighted by atomic mass is 10.1. The van der Waals surface area contributed by atoms with E-state index in [2.05, 4.69) is 10.2 Å². The van der Waals surface area contributed by atoms with Gasteiger partial charge < -0.3 is 10.2 Å². The van der Waals surface area contributed by atoms with Crippen LogP contribution in [0.15, 0.2) is 23.1 Å². The molecule has 0 radical (unpaired) electrons. The highest BCUT2D eigenvalue weighted by molar-refractivity contribution is 7.89. The maximum atomic E-state index is 13.0. The van der Waals surface area contributed by atoms with Gasteiger partial charge in [-0.3, -0.25) is 4.79 Å². The summed E-state index contributed by atoms with van der Waals surface area (Å²) in [6, 6.07) is 4.98. The first kappa shape index (κ1) is 20.3. The minimum absolute atomic E-state index is 0.202. The molecule has 7 heteroatoms. The van der Waals surface area contributed by atoms with E-state index in [9.17, 15) is 13.2 Å². The highest BCUT2D eigenvalue weighted by atomic mass is 32.2. The SMILES string of the molecule is Cc1ccc(C(=O)NCCCN2CCCC2)cc1S(=O)(=O)N1CCCCC1. The zero-order chi connectivity index (χ0) is 19.3. The lowest BCUT2D eigenvalue weighted by molar-refractivity contribution is 0.0952. The molecule has 2 aliphatic rings. The van der Waals surface area contributed by atoms with Gasteiger partial charge in [-0.25, -0.2) is 8.42 Å². The van der Waals surface area contributed by atoms with Crippen LogP contribution in [0.3, 0.4) is 0 Å². The number of sulfonamides is 1. The van der Waals surface area contributed by atoms with Crippen molar-refractivity contribution in [1.82, 2.24) is 14.5 Å². The minimum atomic E-state index is -3.54. The van der Waals surface area contributed by atoms with Crippen LogP contribution in [0.2, 0.25) is 0 Å². The van der Waals surface area contributed by atoms with Crippen molar-refractivity contribution in [1.29, 1.82) is 0 Å². The number of benzene rings is 1. The first-order valence-electron chi connectivity index (χ1n) is 10.1. The van der Waals surface area contributed by atoms with Crippen molar-refractivity contribution in [2.24, 2.45) is 0 Å². The molecular formula is C20H31N3O3S. The second-order valence-electron chi connectivity index (χ2n) is 7.60. The molecule has 2 heterocycles. The summed E-state index contributed by atoms with van der Waals surface area (Å²) in [5, 5.41) is 2.93. The minimum Gasteiger partial charge on any atom is -0.352 e. The average molecular weight is 394 g/mol. The molecule has 1 aromatic rings. The Morgan fingerprint density at radius 3 is 2.41 bits per heavy atom. The van der Waals surface area contributed by atoms with Crippen molar-refractivity contribution in [3.05, 3.63) is 29.3 Å². The number of rotatable bonds is 7. The van der Waals surface area contributed by atoms with E-state index in [-0.39, 0.29) is 10.8 Å². The summed E-state index contributed by atoms with van der Waals surface area (Å²) >= 11 is 0. The Morgan fingerprint density at radius 2 is 1.70 bits per heavy atom. The molecule has 0 saturated carbocycles. The number of hydrogen-bond acceptors (Lipinski definition) is 4. The molecule has 1 amide bonds. The fourth-order valence-corrected chi connectivity index (χ4v) is 5.64. The van der Waals surface area contributed by atoms with Crippen LogP contribution in [0.1, 0.15) is 54.4 Å². The van der Waals surface area contributed by atoms with E-state index < -0.39 is 10.0 Å². The number of aryl methyl sites for hydroxylation is 1. The zero-order valence-corrected chi connectivity index (χ0v) is 17.1. The van der Waals surface area contributed by atoms with Crippen LogP contribution in [0.25, 0.3) is 0 Å². The van der Waals surface area contributed by atoms with Gasteiger partial charge >= 0.3 is 0 Å². The van der Waals surface area contributed by atoms with Crippen molar-refractivity contribution in [2.45, 2.75) is 50.3 Å². The first-order chi connectivity index (χ1) is 13.0. The Labute approximate surface area is 163 Å². The fraction of sp³-hybridized carbons (Fsp3) is 0.650. The summed E-state index contributed by atoms with van der Waals surface area (Å²) in [6.45, 7) is 6.84. The van der Waals surface area contributed by atoms with Gasteiger partial charge in [-0.2, -0.15) is 4.31 Å². The molecule has 0 aromatic heterocycles. The second kappa shape index (κ2) is 9.17. The molecule has 0 atom stereocenters. The van der Waals surface area contributed by atoms with Crippen LogP contribution < -0.4 is 5.32 Å². The summed E-state index contributed by atoms with van der Waals surface area (Å²) in [5.41, 5.74) is 1.10. The Bertz CT molecular complexity index is 752. The summed E-state index contributed by atoms with van der Waals surface area (Å²) in [5.74, 6) is -0.202. The molecular weight excluding hydrogens is 362 g/mol. The maximum absolute atomic E-state index is 13.0. The third-order valence-electron chi connectivity index (χ3n) is 5.52. The van der Waals surface area contributed by atoms with E-state index in [4.69, 9.17) is 0 Å². The lowest BCUT2D eigenvalue weighted by Crippen LogP contribution is -2.36. The number of piperidine rings is 1. The van der Waals surface area contributed by atoms with Gasteiger partial charge in [-0.1, -0.05) is 12.5 Å². The molecule has 0 unspecified atom stereocenters. The van der Waals surface area contributed by atoms with Gasteiger partial charge in [0.05, 0.1) is 4.90 Å². The Kier molecular flexibility index (Phi) is 6.89. The number of amides is 1. The molecule has 0 bridgehead atoms. The van der Waals surface area contributed by atoms with Crippen LogP contribution in [0.4, 0.5) is 0 Å². The molecule has 3 rings (SSSR count). The van der Waals surface area contributed by atoms with Crippen molar-refractivity contribution >= 4 is 15.9 Å². The third kappa shape index (κ3) is 5.09. The van der Waals surface area contributed by atoms with Gasteiger partial charge in [0.25, 0.3) is 5.91 Å². The van der Waals surface area contributed by atoms with E-state index in [0.29, 0.717) is 30.8 Å². The molecule has 6 nitrogen and oxygen atoms in total. The van der Waals surface area contributed by atoms with Gasteiger partial charge in [-0.05, 0) is 76.4 Å². The molecule has 0 spiro atoms. The van der Waals surface area contributed by atoms with Crippen molar-refractivity contribution in [3.63, 3.8) is 0 Å². The van der Waals surface area contributed by atoms with E-state index in [1.807, 2.05) is 0 Å². The van der Waals surface area contributed by atoms with Gasteiger partial charge in [0.2, 0.25) is 10.0 Å². The van der Waals surface area contributed by atoms with Gasteiger partial charge in [-0.15, -0.1) is 0 Å². The maximum Gasteiger partial charge on any atom is 0.251 e. The van der Waals surface area contributed by atoms with Crippen LogP contribution in [0, 0.1) is 6.92 Å². The average Bonchev–Trinajstić information content (AvgIpc) is 3.19. The number of carbonyl (C=O) groups excluding carboxylic acids is 1. The smallest absolute Gasteiger partial charge is 0.251 e. The van der Waals surface area contributed by atoms with Crippen molar-refractivity contribution < 1.29 is 13.2 Å². The third-order valence-corrected chi connectivity index (χ3v) is 7.56. The molecule has 2 fully saturated rings. The number of carbonyl (C=O) groups is 1. The molecule has 27 heavy (non-hydrogen) atoms. The zero-order valence-electron chi connectivity index (χ0n) is 16.2. The number of nitrogens with one attached hydrogen (secondary N) is 1. The molecule has 2 aliphatic heterocycles. The normalized spacial score (nSPS) is 19.3. The highest BCUT2D eigenvalue weighted by Gasteiger charge is 2.28. The lowest BCUT2D eigenvalue weighted by Gasteiger charge is -2.26. The largest absolute Gasteiger partial charge is 0.352 e. The van der Waals surface area contributed by atoms with Crippen LogP contribution in [-0.4, -0.2) is 62.8 Å². The quantitative estimate of drug-likeness (QED) is 0.722. The standard InChI is InChI=1S/C20H31N3O3S/c1-17-8-9-18(20(24)21-10-7-13-22-11-5-6-12-22)16-19(17)27(25,26)23-14-3-2-4-15-23/h8-9,16H,2-7,10-15H2,1H3,(H,21,24). The van der Waals surface area contributed by atoms with Crippen LogP contribution in [0.5, 0.6) is 0 Å². The monoisotopic (exact) mass is 393 g/mol. The van der Waals surface area contributed by atoms with Crippen LogP contribution in [-0.2, 0) is 10.0 Å². The number of nitrogens with zero attached hydrogens (tertiary/aromatic N) is 2. The van der Waals surface area contributed by atoms with E-state index in [0.717, 1.165) is 45.3 Å². The summed E-state index contributed by atoms with van der Waals surface area (Å²) < 4.78 is 27.5. The number of hydrogen-bond donors (Lipinski definition) is 1. The summed E-state index contributed by atoms with van der Waals surface area (Å²) in [6.07, 6.45) is 6.32. The predicted molar refractivity (Wildman–Crippen MR) is 106 cm³/mol. The van der Waals surface area contributed by atoms with Gasteiger partial charge in [0.1, 0.15) is 0 Å². The van der Waals surface area contributed by atoms with Gasteiger partial charge in [0, 0.05) is 25.2 Å². The molecule has 1 aromatic carbocycles. The second-order valence-corrected chi connectivity index (χ2v) is 9.51. The first-order valence-corrected chi connectivity index (χ1v) is 11.5. The highest BCUT2D eigenvalue weighted by Crippen LogP contribution is 2.24. The molecule has 2 saturated heterocycles. The molecule has 150 valence electrons. The Morgan fingerprint density at radius 1 is 1.04 bits per heavy atom. The van der Waals surface area contributed by atoms with E-state index in [1.165, 1.54) is 18.9 Å². The topological polar surface area (TPSA) is 69.7 Å². The summed E-state index contributed by atoms with van der Waals surface area (Å²) in [4.78, 5) is 15.2. The predicted octanol–water partition coefficient (Wildman–Crippen LogP) is 2.39. The van der Waals surface area contributed by atoms with Crippen molar-refractivity contribution in [3.8, 4) is 0 Å². The summed E-state index contributed by atoms with van der Waals surface area (Å²) in [7, 11) is -3.54. The molecule has 1 N–H and O–H groups in total. The van der Waals surface area contributed by atoms with Crippen molar-refractivity contribution in [2.75, 3.05) is 39.3 Å². The van der Waals surface area contributed by atoms with Crippen LogP contribution >= 0.6 is 0 Å². The Hall–Kier alpha value is -1.44. The van der Waals surface area contributed by atoms with E-state index in [1.54, 1.807) is 23.4 Å². The van der Waals surface area contributed by atoms with E-state index >= 15 is 0 Å². The number of likely N-dealkylation sites (tertiary alicyclic amines) is 1.